The second-order valence-corrected chi connectivity index (χ2v) is 3.30. The summed E-state index contributed by atoms with van der Waals surface area (Å²) in [5, 5.41) is 0. The summed E-state index contributed by atoms with van der Waals surface area (Å²) >= 11 is 0. The van der Waals surface area contributed by atoms with Crippen molar-refractivity contribution >= 4 is 0 Å². The Morgan fingerprint density at radius 1 is 0.923 bits per heavy atom. The normalized spacial score (nSPS) is 12.0. The van der Waals surface area contributed by atoms with Gasteiger partial charge in [-0.15, -0.1) is 0 Å². The summed E-state index contributed by atoms with van der Waals surface area (Å²) in [6.45, 7) is 2.12. The fourth-order valence-corrected chi connectivity index (χ4v) is 1.19. The van der Waals surface area contributed by atoms with Crippen molar-refractivity contribution in [2.45, 2.75) is 58.0 Å². The number of hydrogen-bond acceptors (Lipinski definition) is 0. The number of unbranched alkanes of at least 4 members (excludes halogenated alkanes) is 6. The molecule has 0 amide bonds. The van der Waals surface area contributed by atoms with E-state index < -0.39 is 6.18 Å². The Morgan fingerprint density at radius 3 is 2.00 bits per heavy atom. The highest BCUT2D eigenvalue weighted by molar-refractivity contribution is 4.73. The van der Waals surface area contributed by atoms with Gasteiger partial charge in [-0.05, 0) is 6.42 Å². The van der Waals surface area contributed by atoms with Gasteiger partial charge in [-0.3, -0.25) is 0 Å². The molecule has 0 rings (SSSR count). The Morgan fingerprint density at radius 2 is 1.46 bits per heavy atom. The van der Waals surface area contributed by atoms with E-state index in [0.29, 0.717) is 12.8 Å². The van der Waals surface area contributed by atoms with Crippen LogP contribution in [-0.2, 0) is 0 Å². The van der Waals surface area contributed by atoms with Gasteiger partial charge in [-0.2, -0.15) is 13.2 Å². The number of halogens is 3. The number of alkyl halides is 3. The Labute approximate surface area is 78.5 Å². The molecule has 0 aromatic carbocycles. The molecule has 79 valence electrons. The van der Waals surface area contributed by atoms with Gasteiger partial charge in [-0.1, -0.05) is 45.4 Å². The molecule has 3 heteroatoms. The molecule has 0 atom stereocenters. The van der Waals surface area contributed by atoms with Crippen LogP contribution in [0.25, 0.3) is 0 Å². The van der Waals surface area contributed by atoms with Crippen molar-refractivity contribution in [1.82, 2.24) is 0 Å². The summed E-state index contributed by atoms with van der Waals surface area (Å²) in [5.74, 6) is 0. The summed E-state index contributed by atoms with van der Waals surface area (Å²) in [7, 11) is 0. The van der Waals surface area contributed by atoms with Crippen LogP contribution in [0.4, 0.5) is 13.2 Å². The second kappa shape index (κ2) is 7.22. The van der Waals surface area contributed by atoms with Crippen molar-refractivity contribution < 1.29 is 13.2 Å². The smallest absolute Gasteiger partial charge is 0.171 e. The molecule has 13 heavy (non-hydrogen) atoms. The lowest BCUT2D eigenvalue weighted by molar-refractivity contribution is -0.0984. The standard InChI is InChI=1S/C10H18F3/c1-2-3-4-5-6-7-8-9-10(11,12)13/h9H,2-8H2,1H3. The topological polar surface area (TPSA) is 0 Å². The van der Waals surface area contributed by atoms with Crippen molar-refractivity contribution in [3.8, 4) is 0 Å². The van der Waals surface area contributed by atoms with Crippen LogP contribution in [0, 0.1) is 6.42 Å². The van der Waals surface area contributed by atoms with Gasteiger partial charge in [0.2, 0.25) is 0 Å². The number of rotatable bonds is 7. The summed E-state index contributed by atoms with van der Waals surface area (Å²) in [4.78, 5) is 0. The van der Waals surface area contributed by atoms with Crippen LogP contribution < -0.4 is 0 Å². The first-order valence-corrected chi connectivity index (χ1v) is 4.97. The highest BCUT2D eigenvalue weighted by Gasteiger charge is 2.26. The second-order valence-electron chi connectivity index (χ2n) is 3.30. The van der Waals surface area contributed by atoms with Crippen LogP contribution in [0.15, 0.2) is 0 Å². The van der Waals surface area contributed by atoms with Gasteiger partial charge in [0.15, 0.2) is 0 Å². The largest absolute Gasteiger partial charge is 0.392 e. The highest BCUT2D eigenvalue weighted by atomic mass is 19.4. The number of hydrogen-bond donors (Lipinski definition) is 0. The van der Waals surface area contributed by atoms with Gasteiger partial charge in [0.1, 0.15) is 0 Å². The van der Waals surface area contributed by atoms with Crippen molar-refractivity contribution in [2.24, 2.45) is 0 Å². The Hall–Kier alpha value is -0.210. The van der Waals surface area contributed by atoms with Crippen LogP contribution >= 0.6 is 0 Å². The lowest BCUT2D eigenvalue weighted by atomic mass is 10.1. The lowest BCUT2D eigenvalue weighted by Gasteiger charge is -2.04. The molecule has 0 unspecified atom stereocenters. The van der Waals surface area contributed by atoms with Crippen LogP contribution in [-0.4, -0.2) is 6.18 Å². The molecule has 0 N–H and O–H groups in total. The summed E-state index contributed by atoms with van der Waals surface area (Å²) in [5.41, 5.74) is 0. The van der Waals surface area contributed by atoms with Crippen LogP contribution in [0.5, 0.6) is 0 Å². The molecule has 0 spiro atoms. The molecule has 1 radical (unpaired) electrons. The summed E-state index contributed by atoms with van der Waals surface area (Å²) in [6, 6.07) is 0. The Balaban J connectivity index is 3.00. The predicted molar refractivity (Wildman–Crippen MR) is 48.3 cm³/mol. The maximum Gasteiger partial charge on any atom is 0.392 e. The first-order chi connectivity index (χ1) is 6.06. The van der Waals surface area contributed by atoms with Gasteiger partial charge in [0.05, 0.1) is 6.42 Å². The molecule has 0 nitrogen and oxygen atoms in total. The fraction of sp³-hybridized carbons (Fsp3) is 0.900. The fourth-order valence-electron chi connectivity index (χ4n) is 1.19. The highest BCUT2D eigenvalue weighted by Crippen LogP contribution is 2.22. The van der Waals surface area contributed by atoms with Gasteiger partial charge in [-0.25, -0.2) is 0 Å². The third-order valence-electron chi connectivity index (χ3n) is 1.93. The zero-order valence-electron chi connectivity index (χ0n) is 8.16. The van der Waals surface area contributed by atoms with E-state index in [-0.39, 0.29) is 6.42 Å². The summed E-state index contributed by atoms with van der Waals surface area (Å²) in [6.07, 6.45) is 2.74. The summed E-state index contributed by atoms with van der Waals surface area (Å²) < 4.78 is 34.9. The minimum Gasteiger partial charge on any atom is -0.171 e. The quantitative estimate of drug-likeness (QED) is 0.524. The first-order valence-electron chi connectivity index (χ1n) is 4.97. The Bertz CT molecular complexity index is 107. The third-order valence-corrected chi connectivity index (χ3v) is 1.93. The maximum atomic E-state index is 11.6. The van der Waals surface area contributed by atoms with E-state index in [2.05, 4.69) is 6.92 Å². The average Bonchev–Trinajstić information content (AvgIpc) is 2.01. The van der Waals surface area contributed by atoms with Crippen LogP contribution in [0.1, 0.15) is 51.9 Å². The molecule has 0 aromatic rings. The molecule has 0 aliphatic carbocycles. The van der Waals surface area contributed by atoms with Gasteiger partial charge in [0.25, 0.3) is 0 Å². The maximum absolute atomic E-state index is 11.6. The van der Waals surface area contributed by atoms with Crippen molar-refractivity contribution in [1.29, 1.82) is 0 Å². The molecule has 0 saturated heterocycles. The molecule has 0 aliphatic rings. The third kappa shape index (κ3) is 11.8. The lowest BCUT2D eigenvalue weighted by Crippen LogP contribution is -2.07. The van der Waals surface area contributed by atoms with E-state index in [1.54, 1.807) is 0 Å². The predicted octanol–water partition coefficient (Wildman–Crippen LogP) is 4.50. The van der Waals surface area contributed by atoms with E-state index in [0.717, 1.165) is 19.3 Å². The van der Waals surface area contributed by atoms with Crippen LogP contribution in [0.3, 0.4) is 0 Å². The van der Waals surface area contributed by atoms with E-state index in [4.69, 9.17) is 0 Å². The van der Waals surface area contributed by atoms with E-state index in [9.17, 15) is 13.2 Å². The van der Waals surface area contributed by atoms with Gasteiger partial charge in [0, 0.05) is 0 Å². The molecule has 0 fully saturated rings. The molecule has 0 aliphatic heterocycles. The van der Waals surface area contributed by atoms with Crippen molar-refractivity contribution in [3.63, 3.8) is 0 Å². The zero-order chi connectivity index (χ0) is 10.2. The minimum atomic E-state index is -4.08. The molecule has 0 heterocycles. The van der Waals surface area contributed by atoms with Crippen molar-refractivity contribution in [3.05, 3.63) is 6.42 Å². The first kappa shape index (κ1) is 12.8. The Kier molecular flexibility index (Phi) is 7.10. The van der Waals surface area contributed by atoms with E-state index >= 15 is 0 Å². The monoisotopic (exact) mass is 195 g/mol. The molecule has 0 bridgehead atoms. The van der Waals surface area contributed by atoms with E-state index in [1.165, 1.54) is 12.8 Å². The zero-order valence-corrected chi connectivity index (χ0v) is 8.16. The molecular weight excluding hydrogens is 177 g/mol. The molecular formula is C10H18F3. The van der Waals surface area contributed by atoms with Gasteiger partial charge < -0.3 is 0 Å². The minimum absolute atomic E-state index is 0.176. The SMILES string of the molecule is CCCCCCCC[CH]C(F)(F)F. The van der Waals surface area contributed by atoms with Crippen molar-refractivity contribution in [2.75, 3.05) is 0 Å². The van der Waals surface area contributed by atoms with Crippen LogP contribution in [0.2, 0.25) is 0 Å². The van der Waals surface area contributed by atoms with E-state index in [1.807, 2.05) is 0 Å². The molecule has 0 saturated carbocycles. The molecule has 0 aromatic heterocycles. The average molecular weight is 195 g/mol. The van der Waals surface area contributed by atoms with Gasteiger partial charge >= 0.3 is 6.18 Å².